The summed E-state index contributed by atoms with van der Waals surface area (Å²) in [7, 11) is 0. The number of imidazole rings is 1. The van der Waals surface area contributed by atoms with Crippen LogP contribution in [0.15, 0.2) is 12.3 Å². The number of pyridine rings is 1. The van der Waals surface area contributed by atoms with Gasteiger partial charge in [-0.2, -0.15) is 13.2 Å². The molecular formula is C16H14ClF3N4O2. The van der Waals surface area contributed by atoms with Crippen LogP contribution in [0.1, 0.15) is 40.4 Å². The minimum absolute atomic E-state index is 0.0731. The van der Waals surface area contributed by atoms with Crippen LogP contribution in [-0.4, -0.2) is 45.7 Å². The first kappa shape index (κ1) is 17.1. The fourth-order valence-corrected chi connectivity index (χ4v) is 3.34. The molecule has 2 aromatic rings. The number of aromatic nitrogens is 2. The van der Waals surface area contributed by atoms with Crippen molar-refractivity contribution in [2.24, 2.45) is 0 Å². The highest BCUT2D eigenvalue weighted by atomic mass is 35.5. The molecule has 0 atom stereocenters. The molecular weight excluding hydrogens is 373 g/mol. The molecule has 2 fully saturated rings. The molecule has 1 aliphatic heterocycles. The Kier molecular flexibility index (Phi) is 3.87. The number of rotatable bonds is 2. The van der Waals surface area contributed by atoms with E-state index in [4.69, 9.17) is 11.6 Å². The zero-order valence-electron chi connectivity index (χ0n) is 13.4. The average Bonchev–Trinajstić information content (AvgIpc) is 3.37. The van der Waals surface area contributed by atoms with Crippen LogP contribution in [0.25, 0.3) is 5.65 Å². The minimum atomic E-state index is -4.62. The molecule has 1 N–H and O–H groups in total. The molecule has 3 heterocycles. The van der Waals surface area contributed by atoms with Crippen LogP contribution in [0.3, 0.4) is 0 Å². The first-order valence-corrected chi connectivity index (χ1v) is 8.48. The van der Waals surface area contributed by atoms with Gasteiger partial charge in [0.15, 0.2) is 11.3 Å². The van der Waals surface area contributed by atoms with E-state index >= 15 is 0 Å². The summed E-state index contributed by atoms with van der Waals surface area (Å²) in [5.74, 6) is -0.921. The predicted molar refractivity (Wildman–Crippen MR) is 86.1 cm³/mol. The maximum Gasteiger partial charge on any atom is 0.419 e. The number of carbonyl (C=O) groups excluding carboxylic acids is 2. The van der Waals surface area contributed by atoms with Gasteiger partial charge in [0.1, 0.15) is 5.15 Å². The molecule has 1 aliphatic carbocycles. The van der Waals surface area contributed by atoms with E-state index in [-0.39, 0.29) is 42.3 Å². The number of hydrogen-bond donors (Lipinski definition) is 1. The molecule has 138 valence electrons. The van der Waals surface area contributed by atoms with Crippen LogP contribution in [0.2, 0.25) is 5.15 Å². The number of alkyl halides is 3. The second-order valence-corrected chi connectivity index (χ2v) is 6.84. The van der Waals surface area contributed by atoms with Crippen molar-refractivity contribution in [1.29, 1.82) is 0 Å². The zero-order chi connectivity index (χ0) is 18.6. The Balaban J connectivity index is 1.83. The molecule has 1 saturated carbocycles. The smallest absolute Gasteiger partial charge is 0.353 e. The summed E-state index contributed by atoms with van der Waals surface area (Å²) in [4.78, 5) is 29.2. The Labute approximate surface area is 150 Å². The molecule has 2 aromatic heterocycles. The Bertz CT molecular complexity index is 920. The van der Waals surface area contributed by atoms with Gasteiger partial charge >= 0.3 is 6.18 Å². The fraction of sp³-hybridized carbons (Fsp3) is 0.438. The minimum Gasteiger partial charge on any atom is -0.353 e. The Morgan fingerprint density at radius 2 is 2.08 bits per heavy atom. The standard InChI is InChI=1S/C16H14ClF3N4O2/c17-13-12(15(26)23-4-3-21-11(25)7-23)22-14-10(16(18,19)20)5-9(6-24(13)14)8-1-2-8/h5-6,8H,1-4,7H2,(H,21,25). The third kappa shape index (κ3) is 2.90. The summed E-state index contributed by atoms with van der Waals surface area (Å²) in [5.41, 5.74) is -1.07. The highest BCUT2D eigenvalue weighted by molar-refractivity contribution is 6.33. The van der Waals surface area contributed by atoms with E-state index in [1.165, 1.54) is 11.1 Å². The summed E-state index contributed by atoms with van der Waals surface area (Å²) >= 11 is 6.21. The lowest BCUT2D eigenvalue weighted by atomic mass is 10.1. The second kappa shape index (κ2) is 5.87. The van der Waals surface area contributed by atoms with Gasteiger partial charge in [0.05, 0.1) is 12.1 Å². The van der Waals surface area contributed by atoms with Crippen LogP contribution in [0, 0.1) is 0 Å². The van der Waals surface area contributed by atoms with Crippen molar-refractivity contribution >= 4 is 29.1 Å². The van der Waals surface area contributed by atoms with Crippen molar-refractivity contribution in [3.05, 3.63) is 34.2 Å². The lowest BCUT2D eigenvalue weighted by Crippen LogP contribution is -2.50. The van der Waals surface area contributed by atoms with Crippen molar-refractivity contribution in [3.63, 3.8) is 0 Å². The first-order chi connectivity index (χ1) is 12.3. The number of carbonyl (C=O) groups is 2. The molecule has 0 aromatic carbocycles. The Morgan fingerprint density at radius 1 is 1.35 bits per heavy atom. The Hall–Kier alpha value is -2.29. The number of fused-ring (bicyclic) bond motifs is 1. The quantitative estimate of drug-likeness (QED) is 0.862. The van der Waals surface area contributed by atoms with Crippen LogP contribution in [-0.2, 0) is 11.0 Å². The monoisotopic (exact) mass is 386 g/mol. The zero-order valence-corrected chi connectivity index (χ0v) is 14.2. The van der Waals surface area contributed by atoms with E-state index in [1.807, 2.05) is 0 Å². The fourth-order valence-electron chi connectivity index (χ4n) is 3.08. The second-order valence-electron chi connectivity index (χ2n) is 6.48. The van der Waals surface area contributed by atoms with E-state index in [0.717, 1.165) is 23.3 Å². The highest BCUT2D eigenvalue weighted by Crippen LogP contribution is 2.43. The van der Waals surface area contributed by atoms with Crippen molar-refractivity contribution < 1.29 is 22.8 Å². The van der Waals surface area contributed by atoms with Crippen molar-refractivity contribution in [2.75, 3.05) is 19.6 Å². The highest BCUT2D eigenvalue weighted by Gasteiger charge is 2.38. The predicted octanol–water partition coefficient (Wildman–Crippen LogP) is 2.46. The van der Waals surface area contributed by atoms with Gasteiger partial charge in [-0.05, 0) is 30.4 Å². The van der Waals surface area contributed by atoms with Gasteiger partial charge in [-0.3, -0.25) is 14.0 Å². The van der Waals surface area contributed by atoms with Gasteiger partial charge in [0, 0.05) is 19.3 Å². The summed E-state index contributed by atoms with van der Waals surface area (Å²) in [6.07, 6.45) is -1.46. The lowest BCUT2D eigenvalue weighted by molar-refractivity contribution is -0.136. The molecule has 0 unspecified atom stereocenters. The molecule has 26 heavy (non-hydrogen) atoms. The lowest BCUT2D eigenvalue weighted by Gasteiger charge is -2.25. The maximum atomic E-state index is 13.5. The number of hydrogen-bond acceptors (Lipinski definition) is 3. The van der Waals surface area contributed by atoms with Gasteiger partial charge in [0.2, 0.25) is 5.91 Å². The summed E-state index contributed by atoms with van der Waals surface area (Å²) < 4.78 is 41.6. The molecule has 0 spiro atoms. The van der Waals surface area contributed by atoms with Crippen LogP contribution in [0.5, 0.6) is 0 Å². The third-order valence-corrected chi connectivity index (χ3v) is 4.93. The largest absolute Gasteiger partial charge is 0.419 e. The molecule has 0 radical (unpaired) electrons. The third-order valence-electron chi connectivity index (χ3n) is 4.57. The van der Waals surface area contributed by atoms with Gasteiger partial charge in [-0.1, -0.05) is 11.6 Å². The molecule has 0 bridgehead atoms. The van der Waals surface area contributed by atoms with E-state index in [2.05, 4.69) is 10.3 Å². The van der Waals surface area contributed by atoms with Crippen LogP contribution >= 0.6 is 11.6 Å². The SMILES string of the molecule is O=C1CN(C(=O)c2nc3c(C(F)(F)F)cc(C4CC4)cn3c2Cl)CCN1. The van der Waals surface area contributed by atoms with Gasteiger partial charge in [0.25, 0.3) is 5.91 Å². The van der Waals surface area contributed by atoms with Crippen LogP contribution < -0.4 is 5.32 Å². The molecule has 4 rings (SSSR count). The van der Waals surface area contributed by atoms with Crippen molar-refractivity contribution in [1.82, 2.24) is 19.6 Å². The molecule has 6 nitrogen and oxygen atoms in total. The number of halogens is 4. The van der Waals surface area contributed by atoms with Gasteiger partial charge in [-0.15, -0.1) is 0 Å². The summed E-state index contributed by atoms with van der Waals surface area (Å²) in [6, 6.07) is 1.08. The number of piperazine rings is 1. The van der Waals surface area contributed by atoms with Crippen LogP contribution in [0.4, 0.5) is 13.2 Å². The molecule has 2 amide bonds. The van der Waals surface area contributed by atoms with E-state index in [1.54, 1.807) is 0 Å². The van der Waals surface area contributed by atoms with E-state index in [9.17, 15) is 22.8 Å². The summed E-state index contributed by atoms with van der Waals surface area (Å²) in [6.45, 7) is 0.339. The first-order valence-electron chi connectivity index (χ1n) is 8.10. The molecule has 1 saturated heterocycles. The van der Waals surface area contributed by atoms with Crippen molar-refractivity contribution in [3.8, 4) is 0 Å². The number of amides is 2. The molecule has 10 heteroatoms. The summed E-state index contributed by atoms with van der Waals surface area (Å²) in [5, 5.41) is 2.40. The Morgan fingerprint density at radius 3 is 2.69 bits per heavy atom. The van der Waals surface area contributed by atoms with Gasteiger partial charge in [-0.25, -0.2) is 4.98 Å². The normalized spacial score (nSPS) is 18.3. The van der Waals surface area contributed by atoms with Crippen molar-refractivity contribution in [2.45, 2.75) is 24.9 Å². The molecule has 2 aliphatic rings. The van der Waals surface area contributed by atoms with E-state index in [0.29, 0.717) is 5.56 Å². The van der Waals surface area contributed by atoms with Gasteiger partial charge < -0.3 is 10.2 Å². The number of nitrogens with one attached hydrogen (secondary N) is 1. The van der Waals surface area contributed by atoms with E-state index < -0.39 is 23.3 Å². The maximum absolute atomic E-state index is 13.5. The number of nitrogens with zero attached hydrogens (tertiary/aromatic N) is 3. The topological polar surface area (TPSA) is 66.7 Å². The average molecular weight is 387 g/mol.